The minimum atomic E-state index is -0.617. The van der Waals surface area contributed by atoms with Crippen LogP contribution >= 0.6 is 15.9 Å². The van der Waals surface area contributed by atoms with Crippen molar-refractivity contribution in [1.82, 2.24) is 0 Å². The fourth-order valence-corrected chi connectivity index (χ4v) is 2.70. The molecule has 1 aliphatic carbocycles. The zero-order valence-electron chi connectivity index (χ0n) is 9.08. The van der Waals surface area contributed by atoms with Crippen LogP contribution < -0.4 is 0 Å². The molecule has 1 aromatic carbocycles. The number of carboxylic acid groups (broad SMARTS) is 1. The summed E-state index contributed by atoms with van der Waals surface area (Å²) >= 11 is 3.43. The second-order valence-corrected chi connectivity index (χ2v) is 5.48. The van der Waals surface area contributed by atoms with E-state index in [-0.39, 0.29) is 0 Å². The summed E-state index contributed by atoms with van der Waals surface area (Å²) in [5.74, 6) is -0.617. The third kappa shape index (κ3) is 2.29. The molecule has 0 amide bonds. The Morgan fingerprint density at radius 1 is 1.44 bits per heavy atom. The summed E-state index contributed by atoms with van der Waals surface area (Å²) in [6.45, 7) is 0. The highest BCUT2D eigenvalue weighted by atomic mass is 79.9. The summed E-state index contributed by atoms with van der Waals surface area (Å²) in [6.07, 6.45) is 4.36. The van der Waals surface area contributed by atoms with Crippen LogP contribution in [0.15, 0.2) is 28.7 Å². The molecule has 0 atom stereocenters. The van der Waals surface area contributed by atoms with Crippen LogP contribution in [0.4, 0.5) is 0 Å². The summed E-state index contributed by atoms with van der Waals surface area (Å²) in [5.41, 5.74) is 0.782. The number of carbonyl (C=O) groups is 1. The zero-order valence-corrected chi connectivity index (χ0v) is 10.7. The van der Waals surface area contributed by atoms with E-state index in [2.05, 4.69) is 28.1 Å². The van der Waals surface area contributed by atoms with E-state index in [1.807, 2.05) is 12.1 Å². The van der Waals surface area contributed by atoms with Gasteiger partial charge in [0.1, 0.15) is 0 Å². The highest BCUT2D eigenvalue weighted by molar-refractivity contribution is 9.10. The van der Waals surface area contributed by atoms with Gasteiger partial charge in [-0.3, -0.25) is 4.79 Å². The molecule has 16 heavy (non-hydrogen) atoms. The number of hydrogen-bond donors (Lipinski definition) is 1. The average Bonchev–Trinajstić information content (AvgIpc) is 2.15. The lowest BCUT2D eigenvalue weighted by Gasteiger charge is -2.37. The molecule has 86 valence electrons. The van der Waals surface area contributed by atoms with Gasteiger partial charge in [-0.1, -0.05) is 34.5 Å². The number of carboxylic acids is 1. The Morgan fingerprint density at radius 3 is 2.69 bits per heavy atom. The molecule has 0 heterocycles. The van der Waals surface area contributed by atoms with Gasteiger partial charge in [-0.05, 0) is 43.4 Å². The molecular formula is C13H15BrO2. The molecule has 1 aliphatic rings. The van der Waals surface area contributed by atoms with Gasteiger partial charge in [-0.25, -0.2) is 0 Å². The zero-order chi connectivity index (χ0) is 11.6. The minimum Gasteiger partial charge on any atom is -0.481 e. The van der Waals surface area contributed by atoms with Crippen molar-refractivity contribution in [2.75, 3.05) is 0 Å². The van der Waals surface area contributed by atoms with Crippen molar-refractivity contribution in [2.24, 2.45) is 5.41 Å². The quantitative estimate of drug-likeness (QED) is 0.916. The van der Waals surface area contributed by atoms with Crippen molar-refractivity contribution in [3.8, 4) is 0 Å². The Morgan fingerprint density at radius 2 is 2.19 bits per heavy atom. The fourth-order valence-electron chi connectivity index (χ4n) is 2.25. The van der Waals surface area contributed by atoms with E-state index in [0.29, 0.717) is 0 Å². The summed E-state index contributed by atoms with van der Waals surface area (Å²) in [7, 11) is 0. The van der Waals surface area contributed by atoms with Crippen molar-refractivity contribution < 1.29 is 9.90 Å². The highest BCUT2D eigenvalue weighted by Gasteiger charge is 2.43. The molecule has 0 saturated heterocycles. The third-order valence-corrected chi connectivity index (χ3v) is 4.04. The first-order valence-electron chi connectivity index (χ1n) is 5.60. The fraction of sp³-hybridized carbons (Fsp3) is 0.462. The lowest BCUT2D eigenvalue weighted by atomic mass is 9.66. The minimum absolute atomic E-state index is 0.428. The van der Waals surface area contributed by atoms with Gasteiger partial charge in [-0.15, -0.1) is 0 Å². The van der Waals surface area contributed by atoms with E-state index in [9.17, 15) is 9.90 Å². The van der Waals surface area contributed by atoms with Crippen molar-refractivity contribution >= 4 is 21.9 Å². The van der Waals surface area contributed by atoms with Crippen LogP contribution in [0.3, 0.4) is 0 Å². The molecule has 0 spiro atoms. The van der Waals surface area contributed by atoms with E-state index in [0.717, 1.165) is 36.6 Å². The largest absolute Gasteiger partial charge is 0.481 e. The Labute approximate surface area is 104 Å². The van der Waals surface area contributed by atoms with E-state index in [1.165, 1.54) is 5.56 Å². The van der Waals surface area contributed by atoms with Gasteiger partial charge < -0.3 is 5.11 Å². The van der Waals surface area contributed by atoms with Gasteiger partial charge in [0, 0.05) is 4.47 Å². The average molecular weight is 283 g/mol. The number of hydrogen-bond acceptors (Lipinski definition) is 1. The second-order valence-electron chi connectivity index (χ2n) is 4.57. The molecule has 0 unspecified atom stereocenters. The summed E-state index contributed by atoms with van der Waals surface area (Å²) in [4.78, 5) is 11.2. The molecular weight excluding hydrogens is 268 g/mol. The molecule has 0 bridgehead atoms. The first-order chi connectivity index (χ1) is 7.62. The highest BCUT2D eigenvalue weighted by Crippen LogP contribution is 2.44. The van der Waals surface area contributed by atoms with Crippen molar-refractivity contribution in [3.63, 3.8) is 0 Å². The SMILES string of the molecule is O=C(O)C1(CCc2cccc(Br)c2)CCC1. The van der Waals surface area contributed by atoms with Crippen LogP contribution in [0.2, 0.25) is 0 Å². The molecule has 2 nitrogen and oxygen atoms in total. The van der Waals surface area contributed by atoms with Gasteiger partial charge in [0.2, 0.25) is 0 Å². The standard InChI is InChI=1S/C13H15BrO2/c14-11-4-1-3-10(9-11)5-8-13(12(15)16)6-2-7-13/h1,3-4,9H,2,5-8H2,(H,15,16). The van der Waals surface area contributed by atoms with Crippen LogP contribution in [0.1, 0.15) is 31.2 Å². The van der Waals surface area contributed by atoms with Crippen LogP contribution in [0, 0.1) is 5.41 Å². The maximum Gasteiger partial charge on any atom is 0.309 e. The normalized spacial score (nSPS) is 17.8. The van der Waals surface area contributed by atoms with Crippen LogP contribution in [0.25, 0.3) is 0 Å². The number of benzene rings is 1. The molecule has 0 aromatic heterocycles. The van der Waals surface area contributed by atoms with E-state index in [4.69, 9.17) is 0 Å². The first-order valence-corrected chi connectivity index (χ1v) is 6.40. The van der Waals surface area contributed by atoms with E-state index in [1.54, 1.807) is 0 Å². The number of aryl methyl sites for hydroxylation is 1. The molecule has 3 heteroatoms. The molecule has 1 fully saturated rings. The monoisotopic (exact) mass is 282 g/mol. The summed E-state index contributed by atoms with van der Waals surface area (Å²) in [5, 5.41) is 9.21. The predicted molar refractivity (Wildman–Crippen MR) is 66.4 cm³/mol. The van der Waals surface area contributed by atoms with Gasteiger partial charge >= 0.3 is 5.97 Å². The number of aliphatic carboxylic acids is 1. The molecule has 1 aromatic rings. The van der Waals surface area contributed by atoms with Gasteiger partial charge in [-0.2, -0.15) is 0 Å². The Bertz CT molecular complexity index is 397. The number of halogens is 1. The first kappa shape index (κ1) is 11.6. The van der Waals surface area contributed by atoms with Crippen molar-refractivity contribution in [3.05, 3.63) is 34.3 Å². The molecule has 1 saturated carbocycles. The van der Waals surface area contributed by atoms with Crippen molar-refractivity contribution in [1.29, 1.82) is 0 Å². The lowest BCUT2D eigenvalue weighted by molar-refractivity contribution is -0.155. The van der Waals surface area contributed by atoms with Crippen molar-refractivity contribution in [2.45, 2.75) is 32.1 Å². The Kier molecular flexibility index (Phi) is 3.33. The smallest absolute Gasteiger partial charge is 0.309 e. The maximum atomic E-state index is 11.2. The molecule has 0 aliphatic heterocycles. The van der Waals surface area contributed by atoms with Crippen LogP contribution in [-0.4, -0.2) is 11.1 Å². The van der Waals surface area contributed by atoms with Gasteiger partial charge in [0.15, 0.2) is 0 Å². The molecule has 1 N–H and O–H groups in total. The summed E-state index contributed by atoms with van der Waals surface area (Å²) in [6, 6.07) is 8.10. The third-order valence-electron chi connectivity index (χ3n) is 3.55. The number of rotatable bonds is 4. The predicted octanol–water partition coefficient (Wildman–Crippen LogP) is 3.64. The summed E-state index contributed by atoms with van der Waals surface area (Å²) < 4.78 is 1.06. The topological polar surface area (TPSA) is 37.3 Å². The van der Waals surface area contributed by atoms with E-state index >= 15 is 0 Å². The Hall–Kier alpha value is -0.830. The maximum absolute atomic E-state index is 11.2. The van der Waals surface area contributed by atoms with E-state index < -0.39 is 11.4 Å². The van der Waals surface area contributed by atoms with Crippen LogP contribution in [-0.2, 0) is 11.2 Å². The lowest BCUT2D eigenvalue weighted by Crippen LogP contribution is -2.38. The Balaban J connectivity index is 1.99. The van der Waals surface area contributed by atoms with Crippen LogP contribution in [0.5, 0.6) is 0 Å². The van der Waals surface area contributed by atoms with Gasteiger partial charge in [0.25, 0.3) is 0 Å². The molecule has 2 rings (SSSR count). The molecule has 0 radical (unpaired) electrons. The second kappa shape index (κ2) is 4.58. The van der Waals surface area contributed by atoms with Gasteiger partial charge in [0.05, 0.1) is 5.41 Å².